The monoisotopic (exact) mass is 493 g/mol. The van der Waals surface area contributed by atoms with Crippen LogP contribution in [-0.2, 0) is 14.8 Å². The van der Waals surface area contributed by atoms with Crippen LogP contribution in [0.4, 0.5) is 17.1 Å². The van der Waals surface area contributed by atoms with E-state index in [0.717, 1.165) is 22.5 Å². The van der Waals surface area contributed by atoms with Gasteiger partial charge in [0.1, 0.15) is 11.4 Å². The van der Waals surface area contributed by atoms with E-state index in [4.69, 9.17) is 23.2 Å². The molecular formula is C21H17Cl2N3O5S. The molecule has 3 aromatic rings. The Hall–Kier alpha value is -3.14. The number of nitro benzene ring substituents is 1. The summed E-state index contributed by atoms with van der Waals surface area (Å²) in [5.74, 6) is -0.531. The number of hydrogen-bond donors (Lipinski definition) is 0. The SMILES string of the molecule is CN(C(=O)CN(c1ccc(Cl)cc1)S(=O)(=O)c1cc([N+](=O)[O-])ccc1Cl)c1ccccc1. The second-order valence-corrected chi connectivity index (χ2v) is 9.32. The summed E-state index contributed by atoms with van der Waals surface area (Å²) in [5, 5.41) is 11.3. The molecule has 0 spiro atoms. The molecule has 0 aliphatic heterocycles. The van der Waals surface area contributed by atoms with E-state index in [1.807, 2.05) is 0 Å². The fraction of sp³-hybridized carbons (Fsp3) is 0.0952. The first-order valence-electron chi connectivity index (χ1n) is 9.15. The van der Waals surface area contributed by atoms with Gasteiger partial charge in [-0.2, -0.15) is 0 Å². The van der Waals surface area contributed by atoms with Gasteiger partial charge in [-0.25, -0.2) is 8.42 Å². The lowest BCUT2D eigenvalue weighted by Gasteiger charge is -2.27. The molecule has 166 valence electrons. The number of nitrogens with zero attached hydrogens (tertiary/aromatic N) is 3. The fourth-order valence-electron chi connectivity index (χ4n) is 2.87. The van der Waals surface area contributed by atoms with Crippen molar-refractivity contribution in [3.05, 3.63) is 93.0 Å². The number of carbonyl (C=O) groups excluding carboxylic acids is 1. The number of amides is 1. The number of hydrogen-bond acceptors (Lipinski definition) is 5. The number of nitro groups is 1. The number of sulfonamides is 1. The average molecular weight is 494 g/mol. The zero-order valence-corrected chi connectivity index (χ0v) is 19.0. The molecule has 1 amide bonds. The highest BCUT2D eigenvalue weighted by Crippen LogP contribution is 2.32. The molecule has 0 aromatic heterocycles. The lowest BCUT2D eigenvalue weighted by atomic mass is 10.3. The lowest BCUT2D eigenvalue weighted by Crippen LogP contribution is -2.41. The molecule has 0 fully saturated rings. The Morgan fingerprint density at radius 3 is 2.19 bits per heavy atom. The average Bonchev–Trinajstić information content (AvgIpc) is 2.78. The van der Waals surface area contributed by atoms with Crippen molar-refractivity contribution in [2.24, 2.45) is 0 Å². The maximum Gasteiger partial charge on any atom is 0.270 e. The minimum Gasteiger partial charge on any atom is -0.314 e. The van der Waals surface area contributed by atoms with Crippen LogP contribution in [0.15, 0.2) is 77.7 Å². The van der Waals surface area contributed by atoms with Gasteiger partial charge in [-0.1, -0.05) is 41.4 Å². The molecule has 8 nitrogen and oxygen atoms in total. The summed E-state index contributed by atoms with van der Waals surface area (Å²) < 4.78 is 27.9. The van der Waals surface area contributed by atoms with E-state index in [1.54, 1.807) is 30.3 Å². The molecular weight excluding hydrogens is 477 g/mol. The van der Waals surface area contributed by atoms with Crippen LogP contribution in [-0.4, -0.2) is 32.8 Å². The van der Waals surface area contributed by atoms with Crippen LogP contribution in [0.2, 0.25) is 10.0 Å². The van der Waals surface area contributed by atoms with Crippen molar-refractivity contribution in [1.82, 2.24) is 0 Å². The van der Waals surface area contributed by atoms with E-state index < -0.39 is 38.0 Å². The number of non-ortho nitro benzene ring substituents is 1. The van der Waals surface area contributed by atoms with Gasteiger partial charge in [-0.15, -0.1) is 0 Å². The van der Waals surface area contributed by atoms with Gasteiger partial charge in [-0.05, 0) is 42.5 Å². The zero-order chi connectivity index (χ0) is 23.5. The maximum absolute atomic E-state index is 13.5. The summed E-state index contributed by atoms with van der Waals surface area (Å²) in [4.78, 5) is 24.3. The zero-order valence-electron chi connectivity index (χ0n) is 16.7. The van der Waals surface area contributed by atoms with Crippen molar-refractivity contribution >= 4 is 56.2 Å². The molecule has 32 heavy (non-hydrogen) atoms. The maximum atomic E-state index is 13.5. The molecule has 3 rings (SSSR count). The molecule has 0 aliphatic carbocycles. The molecule has 0 bridgehead atoms. The number of rotatable bonds is 7. The Kier molecular flexibility index (Phi) is 7.02. The molecule has 0 heterocycles. The van der Waals surface area contributed by atoms with Crippen LogP contribution in [0.1, 0.15) is 0 Å². The van der Waals surface area contributed by atoms with Crippen LogP contribution >= 0.6 is 23.2 Å². The highest BCUT2D eigenvalue weighted by atomic mass is 35.5. The number of anilines is 2. The molecule has 0 atom stereocenters. The van der Waals surface area contributed by atoms with Crippen LogP contribution in [0, 0.1) is 10.1 Å². The molecule has 0 unspecified atom stereocenters. The van der Waals surface area contributed by atoms with Crippen molar-refractivity contribution in [3.63, 3.8) is 0 Å². The Bertz CT molecular complexity index is 1250. The third kappa shape index (κ3) is 5.01. The Labute approximate surface area is 194 Å². The smallest absolute Gasteiger partial charge is 0.270 e. The quantitative estimate of drug-likeness (QED) is 0.348. The summed E-state index contributed by atoms with van der Waals surface area (Å²) in [7, 11) is -2.94. The van der Waals surface area contributed by atoms with Crippen LogP contribution < -0.4 is 9.21 Å². The van der Waals surface area contributed by atoms with Gasteiger partial charge in [0.2, 0.25) is 5.91 Å². The van der Waals surface area contributed by atoms with E-state index >= 15 is 0 Å². The fourth-order valence-corrected chi connectivity index (χ4v) is 4.91. The molecule has 0 saturated carbocycles. The number of para-hydroxylation sites is 1. The summed E-state index contributed by atoms with van der Waals surface area (Å²) in [6.07, 6.45) is 0. The number of benzene rings is 3. The Balaban J connectivity index is 2.07. The predicted octanol–water partition coefficient (Wildman–Crippen LogP) is 4.76. The summed E-state index contributed by atoms with van der Waals surface area (Å²) in [6.45, 7) is -0.575. The molecule has 0 radical (unpaired) electrons. The largest absolute Gasteiger partial charge is 0.314 e. The highest BCUT2D eigenvalue weighted by Gasteiger charge is 2.31. The minimum absolute atomic E-state index is 0.145. The number of carbonyl (C=O) groups is 1. The van der Waals surface area contributed by atoms with Gasteiger partial charge in [-0.3, -0.25) is 19.2 Å². The van der Waals surface area contributed by atoms with Gasteiger partial charge in [0, 0.05) is 29.9 Å². The summed E-state index contributed by atoms with van der Waals surface area (Å²) in [6, 6.07) is 17.6. The minimum atomic E-state index is -4.46. The van der Waals surface area contributed by atoms with Crippen LogP contribution in [0.5, 0.6) is 0 Å². The molecule has 0 N–H and O–H groups in total. The van der Waals surface area contributed by atoms with Gasteiger partial charge >= 0.3 is 0 Å². The van der Waals surface area contributed by atoms with Crippen molar-refractivity contribution in [2.45, 2.75) is 4.90 Å². The number of likely N-dealkylation sites (N-methyl/N-ethyl adjacent to an activating group) is 1. The standard InChI is InChI=1S/C21H17Cl2N3O5S/c1-24(16-5-3-2-4-6-16)21(27)14-25(17-9-7-15(22)8-10-17)32(30,31)20-13-18(26(28)29)11-12-19(20)23/h2-13H,14H2,1H3. The van der Waals surface area contributed by atoms with E-state index in [1.165, 1.54) is 36.2 Å². The van der Waals surface area contributed by atoms with Gasteiger partial charge in [0.15, 0.2) is 0 Å². The third-order valence-corrected chi connectivity index (χ3v) is 7.11. The normalized spacial score (nSPS) is 11.1. The summed E-state index contributed by atoms with van der Waals surface area (Å²) >= 11 is 12.0. The van der Waals surface area contributed by atoms with Crippen LogP contribution in [0.3, 0.4) is 0 Å². The van der Waals surface area contributed by atoms with E-state index in [0.29, 0.717) is 10.7 Å². The van der Waals surface area contributed by atoms with Crippen molar-refractivity contribution < 1.29 is 18.1 Å². The van der Waals surface area contributed by atoms with Crippen molar-refractivity contribution in [1.29, 1.82) is 0 Å². The summed E-state index contributed by atoms with van der Waals surface area (Å²) in [5.41, 5.74) is 0.267. The van der Waals surface area contributed by atoms with Crippen molar-refractivity contribution in [3.8, 4) is 0 Å². The van der Waals surface area contributed by atoms with Gasteiger partial charge in [0.05, 0.1) is 15.6 Å². The van der Waals surface area contributed by atoms with Gasteiger partial charge in [0.25, 0.3) is 15.7 Å². The molecule has 3 aromatic carbocycles. The Morgan fingerprint density at radius 1 is 0.969 bits per heavy atom. The lowest BCUT2D eigenvalue weighted by molar-refractivity contribution is -0.385. The van der Waals surface area contributed by atoms with Gasteiger partial charge < -0.3 is 4.90 Å². The molecule has 0 aliphatic rings. The second kappa shape index (κ2) is 9.56. The Morgan fingerprint density at radius 2 is 1.59 bits per heavy atom. The second-order valence-electron chi connectivity index (χ2n) is 6.65. The predicted molar refractivity (Wildman–Crippen MR) is 124 cm³/mol. The first-order valence-corrected chi connectivity index (χ1v) is 11.3. The first-order chi connectivity index (χ1) is 15.1. The van der Waals surface area contributed by atoms with Crippen molar-refractivity contribution in [2.75, 3.05) is 22.8 Å². The molecule has 11 heteroatoms. The van der Waals surface area contributed by atoms with Crippen LogP contribution in [0.25, 0.3) is 0 Å². The van der Waals surface area contributed by atoms with E-state index in [2.05, 4.69) is 0 Å². The third-order valence-electron chi connectivity index (χ3n) is 4.60. The first kappa shape index (κ1) is 23.5. The number of halogens is 2. The highest BCUT2D eigenvalue weighted by molar-refractivity contribution is 7.93. The topological polar surface area (TPSA) is 101 Å². The van der Waals surface area contributed by atoms with E-state index in [9.17, 15) is 23.3 Å². The molecule has 0 saturated heterocycles. The van der Waals surface area contributed by atoms with E-state index in [-0.39, 0.29) is 10.7 Å².